The average molecular weight is 373 g/mol. The quantitative estimate of drug-likeness (QED) is 0.856. The second-order valence-corrected chi connectivity index (χ2v) is 7.11. The molecule has 2 aliphatic heterocycles. The number of ether oxygens (including phenoxy) is 1. The Morgan fingerprint density at radius 3 is 2.52 bits per heavy atom. The van der Waals surface area contributed by atoms with Crippen molar-refractivity contribution in [3.05, 3.63) is 35.9 Å². The number of amides is 3. The summed E-state index contributed by atoms with van der Waals surface area (Å²) in [5.41, 5.74) is 0.0826. The van der Waals surface area contributed by atoms with Crippen LogP contribution in [0.1, 0.15) is 36.5 Å². The largest absolute Gasteiger partial charge is 0.372 e. The van der Waals surface area contributed by atoms with E-state index in [9.17, 15) is 14.4 Å². The summed E-state index contributed by atoms with van der Waals surface area (Å²) in [5, 5.41) is 2.68. The fourth-order valence-corrected chi connectivity index (χ4v) is 3.71. The summed E-state index contributed by atoms with van der Waals surface area (Å²) in [6.45, 7) is 4.90. The zero-order valence-corrected chi connectivity index (χ0v) is 15.8. The van der Waals surface area contributed by atoms with E-state index in [1.54, 1.807) is 29.2 Å². The molecule has 7 nitrogen and oxygen atoms in total. The third-order valence-electron chi connectivity index (χ3n) is 5.44. The molecule has 1 N–H and O–H groups in total. The summed E-state index contributed by atoms with van der Waals surface area (Å²) in [5.74, 6) is -0.232. The first kappa shape index (κ1) is 19.4. The first-order chi connectivity index (χ1) is 13.0. The van der Waals surface area contributed by atoms with Crippen molar-refractivity contribution in [2.24, 2.45) is 0 Å². The van der Waals surface area contributed by atoms with Gasteiger partial charge in [-0.2, -0.15) is 0 Å². The molecule has 3 amide bonds. The minimum absolute atomic E-state index is 0.0237. The number of hydrogen-bond acceptors (Lipinski definition) is 4. The smallest absolute Gasteiger partial charge is 0.251 e. The number of piperidine rings is 1. The second-order valence-electron chi connectivity index (χ2n) is 7.11. The van der Waals surface area contributed by atoms with Crippen molar-refractivity contribution in [3.63, 3.8) is 0 Å². The summed E-state index contributed by atoms with van der Waals surface area (Å²) in [4.78, 5) is 40.4. The number of likely N-dealkylation sites (N-methyl/N-ethyl adjacent to an activating group) is 1. The molecule has 2 saturated heterocycles. The molecule has 2 heterocycles. The van der Waals surface area contributed by atoms with Gasteiger partial charge in [0.2, 0.25) is 11.8 Å². The van der Waals surface area contributed by atoms with Gasteiger partial charge in [-0.05, 0) is 31.9 Å². The van der Waals surface area contributed by atoms with Crippen LogP contribution in [0.15, 0.2) is 30.3 Å². The monoisotopic (exact) mass is 373 g/mol. The molecule has 0 atom stereocenters. The standard InChI is InChI=1S/C20H27N3O4/c1-2-22-12-13-27-20(14-17(22)24)8-10-23(11-9-20)18(25)15-21-19(26)16-6-4-3-5-7-16/h3-7H,2,8-15H2,1H3,(H,21,26). The Balaban J connectivity index is 1.49. The molecule has 2 aliphatic rings. The van der Waals surface area contributed by atoms with Gasteiger partial charge in [0.25, 0.3) is 5.91 Å². The van der Waals surface area contributed by atoms with Gasteiger partial charge in [-0.1, -0.05) is 18.2 Å². The number of nitrogens with zero attached hydrogens (tertiary/aromatic N) is 2. The average Bonchev–Trinajstić information content (AvgIpc) is 2.85. The highest BCUT2D eigenvalue weighted by molar-refractivity contribution is 5.96. The highest BCUT2D eigenvalue weighted by Crippen LogP contribution is 2.32. The lowest BCUT2D eigenvalue weighted by Gasteiger charge is -2.40. The highest BCUT2D eigenvalue weighted by Gasteiger charge is 2.41. The predicted molar refractivity (Wildman–Crippen MR) is 100 cm³/mol. The Morgan fingerprint density at radius 2 is 1.85 bits per heavy atom. The van der Waals surface area contributed by atoms with Gasteiger partial charge in [0.15, 0.2) is 0 Å². The van der Waals surface area contributed by atoms with Crippen molar-refractivity contribution in [1.29, 1.82) is 0 Å². The van der Waals surface area contributed by atoms with Crippen molar-refractivity contribution in [2.75, 3.05) is 39.3 Å². The van der Waals surface area contributed by atoms with Crippen LogP contribution in [-0.2, 0) is 14.3 Å². The van der Waals surface area contributed by atoms with Gasteiger partial charge >= 0.3 is 0 Å². The molecule has 0 saturated carbocycles. The van der Waals surface area contributed by atoms with Crippen molar-refractivity contribution >= 4 is 17.7 Å². The Bertz CT molecular complexity index is 684. The molecular weight excluding hydrogens is 346 g/mol. The summed E-state index contributed by atoms with van der Waals surface area (Å²) < 4.78 is 6.05. The summed E-state index contributed by atoms with van der Waals surface area (Å²) in [6, 6.07) is 8.84. The second kappa shape index (κ2) is 8.52. The maximum absolute atomic E-state index is 12.4. The SMILES string of the molecule is CCN1CCOC2(CCN(C(=O)CNC(=O)c3ccccc3)CC2)CC1=O. The van der Waals surface area contributed by atoms with E-state index in [0.717, 1.165) is 0 Å². The van der Waals surface area contributed by atoms with E-state index >= 15 is 0 Å². The zero-order chi connectivity index (χ0) is 19.3. The van der Waals surface area contributed by atoms with Crippen LogP contribution in [0.5, 0.6) is 0 Å². The predicted octanol–water partition coefficient (Wildman–Crippen LogP) is 1.05. The molecule has 7 heteroatoms. The van der Waals surface area contributed by atoms with Crippen LogP contribution >= 0.6 is 0 Å². The Kier molecular flexibility index (Phi) is 6.11. The van der Waals surface area contributed by atoms with Crippen molar-refractivity contribution in [3.8, 4) is 0 Å². The van der Waals surface area contributed by atoms with E-state index in [2.05, 4.69) is 5.32 Å². The van der Waals surface area contributed by atoms with Crippen LogP contribution in [0, 0.1) is 0 Å². The van der Waals surface area contributed by atoms with Crippen molar-refractivity contribution in [2.45, 2.75) is 31.8 Å². The van der Waals surface area contributed by atoms with Gasteiger partial charge in [-0.15, -0.1) is 0 Å². The Hall–Kier alpha value is -2.41. The molecule has 1 aromatic rings. The van der Waals surface area contributed by atoms with Gasteiger partial charge in [0.1, 0.15) is 0 Å². The van der Waals surface area contributed by atoms with E-state index in [0.29, 0.717) is 57.6 Å². The third-order valence-corrected chi connectivity index (χ3v) is 5.44. The number of benzene rings is 1. The normalized spacial score (nSPS) is 19.7. The van der Waals surface area contributed by atoms with Gasteiger partial charge in [0.05, 0.1) is 25.2 Å². The van der Waals surface area contributed by atoms with E-state index in [-0.39, 0.29) is 24.3 Å². The molecule has 0 bridgehead atoms. The first-order valence-electron chi connectivity index (χ1n) is 9.56. The summed E-state index contributed by atoms with van der Waals surface area (Å²) in [6.07, 6.45) is 1.68. The number of carbonyl (C=O) groups is 3. The number of likely N-dealkylation sites (tertiary alicyclic amines) is 1. The topological polar surface area (TPSA) is 79.0 Å². The lowest BCUT2D eigenvalue weighted by Crippen LogP contribution is -2.51. The molecule has 0 radical (unpaired) electrons. The van der Waals surface area contributed by atoms with E-state index in [1.165, 1.54) is 0 Å². The molecule has 0 aliphatic carbocycles. The first-order valence-corrected chi connectivity index (χ1v) is 9.56. The van der Waals surface area contributed by atoms with Gasteiger partial charge in [-0.3, -0.25) is 14.4 Å². The number of nitrogens with one attached hydrogen (secondary N) is 1. The van der Waals surface area contributed by atoms with Crippen LogP contribution in [0.4, 0.5) is 0 Å². The van der Waals surface area contributed by atoms with Gasteiger partial charge in [-0.25, -0.2) is 0 Å². The lowest BCUT2D eigenvalue weighted by molar-refractivity contribution is -0.140. The molecule has 1 aromatic carbocycles. The lowest BCUT2D eigenvalue weighted by atomic mass is 9.87. The number of hydrogen-bond donors (Lipinski definition) is 1. The molecule has 0 unspecified atom stereocenters. The maximum atomic E-state index is 12.4. The maximum Gasteiger partial charge on any atom is 0.251 e. The van der Waals surface area contributed by atoms with Crippen LogP contribution in [0.2, 0.25) is 0 Å². The number of carbonyl (C=O) groups excluding carboxylic acids is 3. The fraction of sp³-hybridized carbons (Fsp3) is 0.550. The minimum atomic E-state index is -0.453. The summed E-state index contributed by atoms with van der Waals surface area (Å²) >= 11 is 0. The molecule has 3 rings (SSSR count). The van der Waals surface area contributed by atoms with Crippen molar-refractivity contribution in [1.82, 2.24) is 15.1 Å². The van der Waals surface area contributed by atoms with Crippen LogP contribution in [0.3, 0.4) is 0 Å². The Labute approximate surface area is 159 Å². The molecule has 27 heavy (non-hydrogen) atoms. The van der Waals surface area contributed by atoms with Crippen LogP contribution in [0.25, 0.3) is 0 Å². The van der Waals surface area contributed by atoms with Crippen LogP contribution in [-0.4, -0.2) is 72.5 Å². The van der Waals surface area contributed by atoms with Crippen molar-refractivity contribution < 1.29 is 19.1 Å². The number of rotatable bonds is 4. The molecule has 2 fully saturated rings. The molecule has 0 aromatic heterocycles. The highest BCUT2D eigenvalue weighted by atomic mass is 16.5. The van der Waals surface area contributed by atoms with E-state index < -0.39 is 5.60 Å². The summed E-state index contributed by atoms with van der Waals surface area (Å²) in [7, 11) is 0. The Morgan fingerprint density at radius 1 is 1.15 bits per heavy atom. The molecule has 1 spiro atoms. The van der Waals surface area contributed by atoms with E-state index in [1.807, 2.05) is 17.9 Å². The van der Waals surface area contributed by atoms with Gasteiger partial charge in [0, 0.05) is 31.7 Å². The van der Waals surface area contributed by atoms with E-state index in [4.69, 9.17) is 4.74 Å². The van der Waals surface area contributed by atoms with Crippen LogP contribution < -0.4 is 5.32 Å². The zero-order valence-electron chi connectivity index (χ0n) is 15.8. The fourth-order valence-electron chi connectivity index (χ4n) is 3.71. The molecule has 146 valence electrons. The van der Waals surface area contributed by atoms with Gasteiger partial charge < -0.3 is 19.9 Å². The third kappa shape index (κ3) is 4.66. The minimum Gasteiger partial charge on any atom is -0.372 e. The molecular formula is C20H27N3O4.